The molecule has 0 spiro atoms. The van der Waals surface area contributed by atoms with Crippen molar-refractivity contribution in [2.75, 3.05) is 20.8 Å². The van der Waals surface area contributed by atoms with E-state index in [1.807, 2.05) is 6.07 Å². The van der Waals surface area contributed by atoms with Crippen LogP contribution < -0.4 is 9.47 Å². The molecule has 7 nitrogen and oxygen atoms in total. The van der Waals surface area contributed by atoms with Crippen molar-refractivity contribution < 1.29 is 23.0 Å². The summed E-state index contributed by atoms with van der Waals surface area (Å²) < 4.78 is 38.7. The van der Waals surface area contributed by atoms with Gasteiger partial charge in [-0.3, -0.25) is 0 Å². The third kappa shape index (κ3) is 5.27. The first kappa shape index (κ1) is 23.3. The molecule has 0 amide bonds. The molecular formula is C21H22Cl2N2O5S. The summed E-state index contributed by atoms with van der Waals surface area (Å²) >= 11 is 12.0. The van der Waals surface area contributed by atoms with E-state index in [9.17, 15) is 13.5 Å². The number of aromatic amines is 1. The third-order valence-electron chi connectivity index (χ3n) is 4.72. The zero-order valence-corrected chi connectivity index (χ0v) is 19.3. The van der Waals surface area contributed by atoms with Gasteiger partial charge in [-0.05, 0) is 48.4 Å². The van der Waals surface area contributed by atoms with E-state index in [1.54, 1.807) is 37.6 Å². The Hall–Kier alpha value is -2.39. The second kappa shape index (κ2) is 9.82. The zero-order valence-electron chi connectivity index (χ0n) is 16.9. The number of phenols is 1. The molecule has 0 aliphatic rings. The first-order valence-electron chi connectivity index (χ1n) is 9.27. The lowest BCUT2D eigenvalue weighted by Gasteiger charge is -2.23. The largest absolute Gasteiger partial charge is 0.505 e. The highest BCUT2D eigenvalue weighted by Gasteiger charge is 2.29. The van der Waals surface area contributed by atoms with Gasteiger partial charge in [0.05, 0.1) is 25.8 Å². The van der Waals surface area contributed by atoms with Crippen LogP contribution in [-0.4, -0.2) is 43.6 Å². The minimum absolute atomic E-state index is 0.0756. The Morgan fingerprint density at radius 2 is 1.81 bits per heavy atom. The summed E-state index contributed by atoms with van der Waals surface area (Å²) in [6.07, 6.45) is 2.11. The SMILES string of the molecule is COc1ccc(CCN(Cc2ccc[nH]2)S(=O)(=O)c2cc(Cl)cc(Cl)c2O)cc1OC. The van der Waals surface area contributed by atoms with Gasteiger partial charge in [-0.1, -0.05) is 29.3 Å². The van der Waals surface area contributed by atoms with Gasteiger partial charge in [0.1, 0.15) is 4.90 Å². The fourth-order valence-electron chi connectivity index (χ4n) is 3.11. The number of phenolic OH excluding ortho intramolecular Hbond substituents is 1. The van der Waals surface area contributed by atoms with E-state index in [0.29, 0.717) is 23.6 Å². The van der Waals surface area contributed by atoms with Crippen LogP contribution in [0.1, 0.15) is 11.3 Å². The summed E-state index contributed by atoms with van der Waals surface area (Å²) in [6, 6.07) is 11.4. The second-order valence-corrected chi connectivity index (χ2v) is 9.46. The smallest absolute Gasteiger partial charge is 0.247 e. The number of aromatic hydroxyl groups is 1. The normalized spacial score (nSPS) is 11.6. The monoisotopic (exact) mass is 484 g/mol. The molecule has 1 heterocycles. The molecule has 3 rings (SSSR count). The summed E-state index contributed by atoms with van der Waals surface area (Å²) in [6.45, 7) is 0.215. The highest BCUT2D eigenvalue weighted by molar-refractivity contribution is 7.89. The molecule has 3 aromatic rings. The Morgan fingerprint density at radius 3 is 2.45 bits per heavy atom. The van der Waals surface area contributed by atoms with Crippen LogP contribution in [0.15, 0.2) is 53.6 Å². The Balaban J connectivity index is 1.94. The molecule has 166 valence electrons. The predicted molar refractivity (Wildman–Crippen MR) is 120 cm³/mol. The van der Waals surface area contributed by atoms with Crippen molar-refractivity contribution in [2.24, 2.45) is 0 Å². The van der Waals surface area contributed by atoms with Crippen LogP contribution in [0.4, 0.5) is 0 Å². The van der Waals surface area contributed by atoms with Crippen LogP contribution in [0.5, 0.6) is 17.2 Å². The van der Waals surface area contributed by atoms with E-state index in [2.05, 4.69) is 4.98 Å². The number of H-pyrrole nitrogens is 1. The molecule has 10 heteroatoms. The van der Waals surface area contributed by atoms with E-state index in [0.717, 1.165) is 5.56 Å². The number of benzene rings is 2. The number of rotatable bonds is 9. The number of hydrogen-bond donors (Lipinski definition) is 2. The van der Waals surface area contributed by atoms with Crippen LogP contribution in [0.3, 0.4) is 0 Å². The van der Waals surface area contributed by atoms with Gasteiger partial charge >= 0.3 is 0 Å². The maximum atomic E-state index is 13.4. The molecule has 0 saturated heterocycles. The first-order valence-corrected chi connectivity index (χ1v) is 11.5. The van der Waals surface area contributed by atoms with Crippen molar-refractivity contribution in [2.45, 2.75) is 17.9 Å². The maximum absolute atomic E-state index is 13.4. The van der Waals surface area contributed by atoms with Crippen LogP contribution in [-0.2, 0) is 23.0 Å². The molecule has 0 saturated carbocycles. The molecule has 0 fully saturated rings. The van der Waals surface area contributed by atoms with E-state index < -0.39 is 15.8 Å². The van der Waals surface area contributed by atoms with Crippen molar-refractivity contribution in [3.63, 3.8) is 0 Å². The summed E-state index contributed by atoms with van der Waals surface area (Å²) in [5.74, 6) is 0.604. The lowest BCUT2D eigenvalue weighted by Crippen LogP contribution is -2.33. The molecule has 0 unspecified atom stereocenters. The summed E-state index contributed by atoms with van der Waals surface area (Å²) in [4.78, 5) is 2.66. The van der Waals surface area contributed by atoms with Crippen molar-refractivity contribution >= 4 is 33.2 Å². The van der Waals surface area contributed by atoms with E-state index in [1.165, 1.54) is 23.5 Å². The van der Waals surface area contributed by atoms with Crippen LogP contribution in [0, 0.1) is 0 Å². The summed E-state index contributed by atoms with van der Waals surface area (Å²) in [5.41, 5.74) is 1.56. The molecule has 0 bridgehead atoms. The van der Waals surface area contributed by atoms with E-state index in [4.69, 9.17) is 32.7 Å². The molecule has 1 aromatic heterocycles. The average molecular weight is 485 g/mol. The number of hydrogen-bond acceptors (Lipinski definition) is 5. The van der Waals surface area contributed by atoms with Gasteiger partial charge in [-0.15, -0.1) is 0 Å². The van der Waals surface area contributed by atoms with Crippen LogP contribution in [0.25, 0.3) is 0 Å². The lowest BCUT2D eigenvalue weighted by atomic mass is 10.1. The quantitative estimate of drug-likeness (QED) is 0.467. The van der Waals surface area contributed by atoms with E-state index >= 15 is 0 Å². The number of methoxy groups -OCH3 is 2. The molecule has 0 atom stereocenters. The highest BCUT2D eigenvalue weighted by Crippen LogP contribution is 2.36. The minimum Gasteiger partial charge on any atom is -0.505 e. The molecule has 0 aliphatic carbocycles. The Labute approximate surface area is 191 Å². The topological polar surface area (TPSA) is 91.9 Å². The fraction of sp³-hybridized carbons (Fsp3) is 0.238. The van der Waals surface area contributed by atoms with E-state index in [-0.39, 0.29) is 28.0 Å². The standard InChI is InChI=1S/C21H22Cl2N2O5S/c1-29-18-6-5-14(10-19(18)30-2)7-9-25(13-16-4-3-8-24-16)31(27,28)20-12-15(22)11-17(23)21(20)26/h3-6,8,10-12,24,26H,7,9,13H2,1-2H3. The van der Waals surface area contributed by atoms with Crippen molar-refractivity contribution in [3.05, 3.63) is 70.0 Å². The van der Waals surface area contributed by atoms with Crippen molar-refractivity contribution in [1.29, 1.82) is 0 Å². The zero-order chi connectivity index (χ0) is 22.6. The Kier molecular flexibility index (Phi) is 7.38. The summed E-state index contributed by atoms with van der Waals surface area (Å²) in [7, 11) is -1.03. The number of nitrogens with one attached hydrogen (secondary N) is 1. The molecule has 0 aliphatic heterocycles. The van der Waals surface area contributed by atoms with Gasteiger partial charge in [0.2, 0.25) is 10.0 Å². The summed E-state index contributed by atoms with van der Waals surface area (Å²) in [5, 5.41) is 10.3. The van der Waals surface area contributed by atoms with Gasteiger partial charge in [0, 0.05) is 23.5 Å². The molecule has 0 radical (unpaired) electrons. The minimum atomic E-state index is -4.11. The molecule has 31 heavy (non-hydrogen) atoms. The molecular weight excluding hydrogens is 463 g/mol. The Morgan fingerprint density at radius 1 is 1.06 bits per heavy atom. The fourth-order valence-corrected chi connectivity index (χ4v) is 5.27. The first-order chi connectivity index (χ1) is 14.8. The number of halogens is 2. The third-order valence-corrected chi connectivity index (χ3v) is 7.08. The molecule has 2 aromatic carbocycles. The van der Waals surface area contributed by atoms with Gasteiger partial charge in [-0.2, -0.15) is 4.31 Å². The van der Waals surface area contributed by atoms with Gasteiger partial charge in [0.15, 0.2) is 17.2 Å². The van der Waals surface area contributed by atoms with Gasteiger partial charge < -0.3 is 19.6 Å². The number of sulfonamides is 1. The lowest BCUT2D eigenvalue weighted by molar-refractivity contribution is 0.354. The Bertz CT molecular complexity index is 1150. The number of aromatic nitrogens is 1. The highest BCUT2D eigenvalue weighted by atomic mass is 35.5. The van der Waals surface area contributed by atoms with Crippen LogP contribution >= 0.6 is 23.2 Å². The van der Waals surface area contributed by atoms with Gasteiger partial charge in [-0.25, -0.2) is 8.42 Å². The number of nitrogens with zero attached hydrogens (tertiary/aromatic N) is 1. The number of ether oxygens (including phenoxy) is 2. The van der Waals surface area contributed by atoms with Crippen LogP contribution in [0.2, 0.25) is 10.0 Å². The second-order valence-electron chi connectivity index (χ2n) is 6.71. The average Bonchev–Trinajstić information content (AvgIpc) is 3.26. The van der Waals surface area contributed by atoms with Crippen molar-refractivity contribution in [1.82, 2.24) is 9.29 Å². The molecule has 2 N–H and O–H groups in total. The van der Waals surface area contributed by atoms with Crippen molar-refractivity contribution in [3.8, 4) is 17.2 Å². The predicted octanol–water partition coefficient (Wildman–Crippen LogP) is 4.48. The van der Waals surface area contributed by atoms with Gasteiger partial charge in [0.25, 0.3) is 0 Å². The maximum Gasteiger partial charge on any atom is 0.247 e.